The molecule has 2 nitrogen and oxygen atoms in total. The molecular weight excluding hydrogens is 169 g/mol. The third-order valence-electron chi connectivity index (χ3n) is 2.14. The van der Waals surface area contributed by atoms with E-state index in [1.54, 1.807) is 0 Å². The van der Waals surface area contributed by atoms with Crippen LogP contribution >= 0.6 is 0 Å². The number of alkyl halides is 1. The van der Waals surface area contributed by atoms with Gasteiger partial charge >= 0.3 is 0 Å². The average Bonchev–Trinajstić information content (AvgIpc) is 2.61. The molecule has 0 radical (unpaired) electrons. The van der Waals surface area contributed by atoms with Crippen LogP contribution in [0.3, 0.4) is 0 Å². The zero-order valence-electron chi connectivity index (χ0n) is 7.35. The molecule has 1 aliphatic rings. The fourth-order valence-electron chi connectivity index (χ4n) is 1.52. The summed E-state index contributed by atoms with van der Waals surface area (Å²) < 4.78 is 17.0. The summed E-state index contributed by atoms with van der Waals surface area (Å²) in [5.74, 6) is 0.741. The predicted octanol–water partition coefficient (Wildman–Crippen LogP) is 2.00. The van der Waals surface area contributed by atoms with E-state index in [9.17, 15) is 4.39 Å². The highest BCUT2D eigenvalue weighted by Gasteiger charge is 2.09. The molecule has 1 aromatic carbocycles. The molecule has 0 bridgehead atoms. The maximum Gasteiger partial charge on any atom is 0.123 e. The molecule has 70 valence electrons. The second-order valence-corrected chi connectivity index (χ2v) is 3.03. The maximum absolute atomic E-state index is 11.8. The fourth-order valence-corrected chi connectivity index (χ4v) is 1.52. The highest BCUT2D eigenvalue weighted by molar-refractivity contribution is 5.58. The van der Waals surface area contributed by atoms with Gasteiger partial charge in [-0.1, -0.05) is 6.07 Å². The van der Waals surface area contributed by atoms with Crippen LogP contribution in [0.2, 0.25) is 0 Å². The van der Waals surface area contributed by atoms with E-state index in [4.69, 9.17) is 4.74 Å². The Morgan fingerprint density at radius 3 is 3.23 bits per heavy atom. The molecule has 0 unspecified atom stereocenters. The van der Waals surface area contributed by atoms with Gasteiger partial charge in [-0.3, -0.25) is 0 Å². The van der Waals surface area contributed by atoms with Gasteiger partial charge in [0.25, 0.3) is 0 Å². The molecule has 0 spiro atoms. The minimum absolute atomic E-state index is 0.138. The Bertz CT molecular complexity index is 301. The summed E-state index contributed by atoms with van der Waals surface area (Å²) >= 11 is 0. The van der Waals surface area contributed by atoms with E-state index in [1.807, 2.05) is 18.2 Å². The third kappa shape index (κ3) is 1.74. The Labute approximate surface area is 76.7 Å². The molecule has 13 heavy (non-hydrogen) atoms. The highest BCUT2D eigenvalue weighted by Crippen LogP contribution is 2.26. The van der Waals surface area contributed by atoms with Gasteiger partial charge in [-0.15, -0.1) is 0 Å². The summed E-state index contributed by atoms with van der Waals surface area (Å²) in [6, 6.07) is 5.85. The summed E-state index contributed by atoms with van der Waals surface area (Å²) in [7, 11) is 0. The van der Waals surface area contributed by atoms with Crippen LogP contribution in [-0.4, -0.2) is 19.8 Å². The minimum Gasteiger partial charge on any atom is -0.491 e. The lowest BCUT2D eigenvalue weighted by Crippen LogP contribution is -1.98. The van der Waals surface area contributed by atoms with Crippen LogP contribution in [0.15, 0.2) is 18.2 Å². The summed E-state index contributed by atoms with van der Waals surface area (Å²) in [5, 5.41) is 3.24. The van der Waals surface area contributed by atoms with Crippen molar-refractivity contribution >= 4 is 5.69 Å². The van der Waals surface area contributed by atoms with Crippen LogP contribution < -0.4 is 10.1 Å². The second kappa shape index (κ2) is 3.64. The molecule has 1 aliphatic heterocycles. The summed E-state index contributed by atoms with van der Waals surface area (Å²) in [6.07, 6.45) is 1.07. The molecule has 1 aromatic rings. The fraction of sp³-hybridized carbons (Fsp3) is 0.400. The van der Waals surface area contributed by atoms with E-state index >= 15 is 0 Å². The van der Waals surface area contributed by atoms with Crippen LogP contribution in [0.1, 0.15) is 5.56 Å². The maximum atomic E-state index is 11.8. The first-order chi connectivity index (χ1) is 6.40. The van der Waals surface area contributed by atoms with Gasteiger partial charge < -0.3 is 10.1 Å². The minimum atomic E-state index is -0.440. The number of hydrogen-bond acceptors (Lipinski definition) is 2. The van der Waals surface area contributed by atoms with Gasteiger partial charge in [0.1, 0.15) is 19.0 Å². The number of rotatable bonds is 3. The molecule has 1 N–H and O–H groups in total. The number of benzene rings is 1. The van der Waals surface area contributed by atoms with E-state index in [1.165, 1.54) is 5.56 Å². The first-order valence-electron chi connectivity index (χ1n) is 4.46. The molecule has 3 heteroatoms. The van der Waals surface area contributed by atoms with Crippen LogP contribution in [-0.2, 0) is 6.42 Å². The van der Waals surface area contributed by atoms with E-state index < -0.39 is 6.67 Å². The normalized spacial score (nSPS) is 13.6. The lowest BCUT2D eigenvalue weighted by atomic mass is 10.1. The smallest absolute Gasteiger partial charge is 0.123 e. The molecule has 0 saturated heterocycles. The summed E-state index contributed by atoms with van der Waals surface area (Å²) in [6.45, 7) is 0.686. The Balaban J connectivity index is 2.12. The van der Waals surface area contributed by atoms with Crippen LogP contribution in [0.5, 0.6) is 5.75 Å². The Hall–Kier alpha value is -1.25. The molecule has 1 heterocycles. The number of ether oxygens (including phenoxy) is 1. The second-order valence-electron chi connectivity index (χ2n) is 3.03. The predicted molar refractivity (Wildman–Crippen MR) is 50.1 cm³/mol. The van der Waals surface area contributed by atoms with Gasteiger partial charge in [0.15, 0.2) is 0 Å². The SMILES string of the molecule is FCCOc1ccc2c(c1)NCC2. The van der Waals surface area contributed by atoms with E-state index in [-0.39, 0.29) is 6.61 Å². The van der Waals surface area contributed by atoms with E-state index in [0.29, 0.717) is 0 Å². The molecule has 0 fully saturated rings. The molecule has 2 rings (SSSR count). The highest BCUT2D eigenvalue weighted by atomic mass is 19.1. The van der Waals surface area contributed by atoms with Crippen LogP contribution in [0.25, 0.3) is 0 Å². The monoisotopic (exact) mass is 181 g/mol. The Morgan fingerprint density at radius 2 is 2.38 bits per heavy atom. The number of hydrogen-bond donors (Lipinski definition) is 1. The van der Waals surface area contributed by atoms with Crippen molar-refractivity contribution in [2.75, 3.05) is 25.1 Å². The third-order valence-corrected chi connectivity index (χ3v) is 2.14. The first kappa shape index (κ1) is 8.35. The average molecular weight is 181 g/mol. The topological polar surface area (TPSA) is 21.3 Å². The zero-order chi connectivity index (χ0) is 9.10. The van der Waals surface area contributed by atoms with E-state index in [0.717, 1.165) is 24.4 Å². The van der Waals surface area contributed by atoms with Crippen molar-refractivity contribution in [1.82, 2.24) is 0 Å². The van der Waals surface area contributed by atoms with Gasteiger partial charge in [-0.2, -0.15) is 0 Å². The molecule has 0 atom stereocenters. The zero-order valence-corrected chi connectivity index (χ0v) is 7.35. The molecule has 0 aliphatic carbocycles. The van der Waals surface area contributed by atoms with Gasteiger partial charge in [0.05, 0.1) is 0 Å². The number of fused-ring (bicyclic) bond motifs is 1. The standard InChI is InChI=1S/C10H12FNO/c11-4-6-13-9-2-1-8-3-5-12-10(8)7-9/h1-2,7,12H,3-6H2. The van der Waals surface area contributed by atoms with Crippen molar-refractivity contribution in [2.45, 2.75) is 6.42 Å². The van der Waals surface area contributed by atoms with Crippen molar-refractivity contribution in [1.29, 1.82) is 0 Å². The van der Waals surface area contributed by atoms with Crippen LogP contribution in [0.4, 0.5) is 10.1 Å². The summed E-state index contributed by atoms with van der Waals surface area (Å²) in [4.78, 5) is 0. The van der Waals surface area contributed by atoms with Crippen molar-refractivity contribution < 1.29 is 9.13 Å². The first-order valence-corrected chi connectivity index (χ1v) is 4.46. The van der Waals surface area contributed by atoms with Crippen molar-refractivity contribution in [2.24, 2.45) is 0 Å². The van der Waals surface area contributed by atoms with Crippen LogP contribution in [0, 0.1) is 0 Å². The number of halogens is 1. The quantitative estimate of drug-likeness (QED) is 0.770. The molecular formula is C10H12FNO. The van der Waals surface area contributed by atoms with Crippen molar-refractivity contribution in [3.8, 4) is 5.75 Å². The lowest BCUT2D eigenvalue weighted by Gasteiger charge is -2.05. The van der Waals surface area contributed by atoms with Gasteiger partial charge in [0.2, 0.25) is 0 Å². The van der Waals surface area contributed by atoms with E-state index in [2.05, 4.69) is 5.32 Å². The Morgan fingerprint density at radius 1 is 1.46 bits per heavy atom. The number of nitrogens with one attached hydrogen (secondary N) is 1. The molecule has 0 saturated carbocycles. The van der Waals surface area contributed by atoms with Crippen molar-refractivity contribution in [3.63, 3.8) is 0 Å². The van der Waals surface area contributed by atoms with Gasteiger partial charge in [-0.25, -0.2) is 4.39 Å². The van der Waals surface area contributed by atoms with Crippen molar-refractivity contribution in [3.05, 3.63) is 23.8 Å². The largest absolute Gasteiger partial charge is 0.491 e. The van der Waals surface area contributed by atoms with Gasteiger partial charge in [0, 0.05) is 18.3 Å². The molecule has 0 aromatic heterocycles. The molecule has 0 amide bonds. The van der Waals surface area contributed by atoms with Gasteiger partial charge in [-0.05, 0) is 18.1 Å². The lowest BCUT2D eigenvalue weighted by molar-refractivity contribution is 0.273. The summed E-state index contributed by atoms with van der Waals surface area (Å²) in [5.41, 5.74) is 2.43. The number of anilines is 1. The Kier molecular flexibility index (Phi) is 2.34.